The monoisotopic (exact) mass is 288 g/mol. The van der Waals surface area contributed by atoms with Crippen molar-refractivity contribution in [3.63, 3.8) is 0 Å². The van der Waals surface area contributed by atoms with Crippen molar-refractivity contribution >= 4 is 9.84 Å². The van der Waals surface area contributed by atoms with Crippen molar-refractivity contribution in [1.29, 1.82) is 0 Å². The molecule has 1 heterocycles. The molecular formula is C14H28N2O2S. The van der Waals surface area contributed by atoms with Crippen LogP contribution >= 0.6 is 0 Å². The zero-order valence-corrected chi connectivity index (χ0v) is 13.1. The summed E-state index contributed by atoms with van der Waals surface area (Å²) in [6, 6.07) is 0.453. The predicted octanol–water partition coefficient (Wildman–Crippen LogP) is 1.32. The first kappa shape index (κ1) is 15.3. The fourth-order valence-electron chi connectivity index (χ4n) is 3.52. The van der Waals surface area contributed by atoms with Crippen molar-refractivity contribution in [3.05, 3.63) is 0 Å². The Morgan fingerprint density at radius 1 is 1.21 bits per heavy atom. The number of rotatable bonds is 4. The lowest BCUT2D eigenvalue weighted by atomic mass is 9.96. The summed E-state index contributed by atoms with van der Waals surface area (Å²) in [6.45, 7) is 5.03. The standard InChI is InChI=1S/C14H28N2O2S/c1-12-5-9-15-10-6-13(12)16-11-14(19(2,17)18)7-3-4-8-14/h12-13,15-16H,3-11H2,1-2H3. The molecule has 1 saturated carbocycles. The fourth-order valence-corrected chi connectivity index (χ4v) is 4.89. The van der Waals surface area contributed by atoms with Gasteiger partial charge < -0.3 is 10.6 Å². The lowest BCUT2D eigenvalue weighted by Gasteiger charge is -2.31. The summed E-state index contributed by atoms with van der Waals surface area (Å²) in [5.41, 5.74) is 0. The van der Waals surface area contributed by atoms with E-state index in [0.717, 1.165) is 45.2 Å². The SMILES string of the molecule is CC1CCNCCC1NCC1(S(C)(=O)=O)CCCC1. The Hall–Kier alpha value is -0.130. The van der Waals surface area contributed by atoms with Crippen LogP contribution in [0.3, 0.4) is 0 Å². The highest BCUT2D eigenvalue weighted by Gasteiger charge is 2.43. The number of hydrogen-bond donors (Lipinski definition) is 2. The van der Waals surface area contributed by atoms with Gasteiger partial charge >= 0.3 is 0 Å². The minimum absolute atomic E-state index is 0.453. The zero-order valence-electron chi connectivity index (χ0n) is 12.2. The summed E-state index contributed by atoms with van der Waals surface area (Å²) in [5, 5.41) is 7.00. The molecule has 0 aromatic rings. The van der Waals surface area contributed by atoms with Crippen LogP contribution in [0, 0.1) is 5.92 Å². The molecule has 2 rings (SSSR count). The fraction of sp³-hybridized carbons (Fsp3) is 1.00. The van der Waals surface area contributed by atoms with Crippen LogP contribution in [0.25, 0.3) is 0 Å². The number of nitrogens with one attached hydrogen (secondary N) is 2. The summed E-state index contributed by atoms with van der Waals surface area (Å²) in [6.07, 6.45) is 7.45. The maximum Gasteiger partial charge on any atom is 0.154 e. The van der Waals surface area contributed by atoms with Gasteiger partial charge in [0.15, 0.2) is 9.84 Å². The molecule has 1 saturated heterocycles. The van der Waals surface area contributed by atoms with Gasteiger partial charge in [0.05, 0.1) is 4.75 Å². The van der Waals surface area contributed by atoms with Gasteiger partial charge in [-0.15, -0.1) is 0 Å². The quantitative estimate of drug-likeness (QED) is 0.819. The Morgan fingerprint density at radius 3 is 2.47 bits per heavy atom. The van der Waals surface area contributed by atoms with Crippen molar-refractivity contribution in [3.8, 4) is 0 Å². The normalized spacial score (nSPS) is 32.1. The van der Waals surface area contributed by atoms with Gasteiger partial charge in [-0.05, 0) is 44.7 Å². The van der Waals surface area contributed by atoms with Gasteiger partial charge in [-0.2, -0.15) is 0 Å². The Morgan fingerprint density at radius 2 is 1.84 bits per heavy atom. The Labute approximate surface area is 117 Å². The highest BCUT2D eigenvalue weighted by molar-refractivity contribution is 7.92. The van der Waals surface area contributed by atoms with E-state index in [1.165, 1.54) is 12.7 Å². The van der Waals surface area contributed by atoms with Crippen molar-refractivity contribution in [2.45, 2.75) is 56.2 Å². The van der Waals surface area contributed by atoms with E-state index >= 15 is 0 Å². The van der Waals surface area contributed by atoms with Gasteiger partial charge in [0, 0.05) is 18.8 Å². The molecule has 1 aliphatic heterocycles. The van der Waals surface area contributed by atoms with E-state index in [1.807, 2.05) is 0 Å². The molecule has 0 radical (unpaired) electrons. The second-order valence-electron chi connectivity index (χ2n) is 6.45. The summed E-state index contributed by atoms with van der Waals surface area (Å²) < 4.78 is 23.8. The second-order valence-corrected chi connectivity index (χ2v) is 8.86. The third-order valence-electron chi connectivity index (χ3n) is 5.08. The molecule has 0 aromatic heterocycles. The van der Waals surface area contributed by atoms with Crippen molar-refractivity contribution < 1.29 is 8.42 Å². The van der Waals surface area contributed by atoms with Crippen LogP contribution in [0.5, 0.6) is 0 Å². The topological polar surface area (TPSA) is 58.2 Å². The first-order valence-electron chi connectivity index (χ1n) is 7.58. The maximum atomic E-state index is 12.1. The summed E-state index contributed by atoms with van der Waals surface area (Å²) in [5.74, 6) is 0.619. The Bertz CT molecular complexity index is 388. The molecule has 4 nitrogen and oxygen atoms in total. The molecule has 0 bridgehead atoms. The lowest BCUT2D eigenvalue weighted by molar-refractivity contribution is 0.344. The molecule has 5 heteroatoms. The number of sulfone groups is 1. The van der Waals surface area contributed by atoms with Gasteiger partial charge in [0.25, 0.3) is 0 Å². The predicted molar refractivity (Wildman–Crippen MR) is 79.1 cm³/mol. The van der Waals surface area contributed by atoms with Crippen molar-refractivity contribution in [2.24, 2.45) is 5.92 Å². The molecule has 2 fully saturated rings. The minimum atomic E-state index is -2.97. The van der Waals surface area contributed by atoms with E-state index in [4.69, 9.17) is 0 Å². The molecule has 1 aliphatic carbocycles. The Kier molecular flexibility index (Phi) is 4.90. The zero-order chi connectivity index (χ0) is 13.9. The largest absolute Gasteiger partial charge is 0.317 e. The molecule has 2 aliphatic rings. The van der Waals surface area contributed by atoms with Crippen LogP contribution < -0.4 is 10.6 Å². The number of hydrogen-bond acceptors (Lipinski definition) is 4. The molecule has 19 heavy (non-hydrogen) atoms. The van der Waals surface area contributed by atoms with E-state index in [-0.39, 0.29) is 0 Å². The first-order chi connectivity index (χ1) is 8.95. The van der Waals surface area contributed by atoms with Gasteiger partial charge in [-0.3, -0.25) is 0 Å². The van der Waals surface area contributed by atoms with Gasteiger partial charge in [0.1, 0.15) is 0 Å². The van der Waals surface area contributed by atoms with Gasteiger partial charge in [-0.25, -0.2) is 8.42 Å². The van der Waals surface area contributed by atoms with Crippen molar-refractivity contribution in [1.82, 2.24) is 10.6 Å². The molecule has 112 valence electrons. The average molecular weight is 288 g/mol. The summed E-state index contributed by atoms with van der Waals surface area (Å²) >= 11 is 0. The molecule has 2 unspecified atom stereocenters. The molecule has 0 amide bonds. The maximum absolute atomic E-state index is 12.1. The third kappa shape index (κ3) is 3.50. The average Bonchev–Trinajstić information content (AvgIpc) is 2.73. The highest BCUT2D eigenvalue weighted by atomic mass is 32.2. The van der Waals surface area contributed by atoms with Crippen LogP contribution in [0.15, 0.2) is 0 Å². The van der Waals surface area contributed by atoms with Crippen LogP contribution in [-0.2, 0) is 9.84 Å². The highest BCUT2D eigenvalue weighted by Crippen LogP contribution is 2.36. The first-order valence-corrected chi connectivity index (χ1v) is 9.47. The van der Waals surface area contributed by atoms with E-state index in [0.29, 0.717) is 18.5 Å². The van der Waals surface area contributed by atoms with Crippen molar-refractivity contribution in [2.75, 3.05) is 25.9 Å². The van der Waals surface area contributed by atoms with Crippen LogP contribution in [-0.4, -0.2) is 45.1 Å². The van der Waals surface area contributed by atoms with E-state index in [1.54, 1.807) is 0 Å². The van der Waals surface area contributed by atoms with E-state index < -0.39 is 14.6 Å². The van der Waals surface area contributed by atoms with Crippen LogP contribution in [0.4, 0.5) is 0 Å². The van der Waals surface area contributed by atoms with Crippen LogP contribution in [0.2, 0.25) is 0 Å². The van der Waals surface area contributed by atoms with E-state index in [2.05, 4.69) is 17.6 Å². The molecule has 0 spiro atoms. The van der Waals surface area contributed by atoms with Gasteiger partial charge in [0.2, 0.25) is 0 Å². The summed E-state index contributed by atoms with van der Waals surface area (Å²) in [4.78, 5) is 0. The van der Waals surface area contributed by atoms with Gasteiger partial charge in [-0.1, -0.05) is 19.8 Å². The smallest absolute Gasteiger partial charge is 0.154 e. The second kappa shape index (κ2) is 6.10. The molecule has 2 N–H and O–H groups in total. The molecule has 2 atom stereocenters. The molecular weight excluding hydrogens is 260 g/mol. The lowest BCUT2D eigenvalue weighted by Crippen LogP contribution is -2.49. The van der Waals surface area contributed by atoms with Crippen LogP contribution in [0.1, 0.15) is 45.4 Å². The minimum Gasteiger partial charge on any atom is -0.317 e. The third-order valence-corrected chi connectivity index (χ3v) is 7.21. The Balaban J connectivity index is 1.99. The summed E-state index contributed by atoms with van der Waals surface area (Å²) in [7, 11) is -2.97. The van der Waals surface area contributed by atoms with E-state index in [9.17, 15) is 8.42 Å². The molecule has 0 aromatic carbocycles.